The number of nitrogen functional groups attached to an aromatic ring is 1. The van der Waals surface area contributed by atoms with Crippen molar-refractivity contribution in [2.75, 3.05) is 5.73 Å². The largest absolute Gasteiger partial charge is 0.456 e. The lowest BCUT2D eigenvalue weighted by molar-refractivity contribution is 0.0468. The number of benzene rings is 1. The number of fused-ring (bicyclic) bond motifs is 1. The van der Waals surface area contributed by atoms with Gasteiger partial charge >= 0.3 is 11.6 Å². The molecule has 1 aromatic carbocycles. The van der Waals surface area contributed by atoms with Gasteiger partial charge in [0.2, 0.25) is 0 Å². The van der Waals surface area contributed by atoms with Gasteiger partial charge in [0.1, 0.15) is 12.2 Å². The van der Waals surface area contributed by atoms with E-state index in [0.717, 1.165) is 16.5 Å². The Balaban J connectivity index is 1.94. The summed E-state index contributed by atoms with van der Waals surface area (Å²) in [7, 11) is 0. The summed E-state index contributed by atoms with van der Waals surface area (Å²) in [6.45, 7) is 3.70. The molecule has 0 unspecified atom stereocenters. The Morgan fingerprint density at radius 3 is 2.75 bits per heavy atom. The minimum atomic E-state index is -0.703. The van der Waals surface area contributed by atoms with Gasteiger partial charge in [0.25, 0.3) is 0 Å². The van der Waals surface area contributed by atoms with Gasteiger partial charge in [-0.2, -0.15) is 0 Å². The lowest BCUT2D eigenvalue weighted by Crippen LogP contribution is -2.12. The second-order valence-electron chi connectivity index (χ2n) is 5.34. The summed E-state index contributed by atoms with van der Waals surface area (Å²) in [5.74, 6) is -0.711. The van der Waals surface area contributed by atoms with Gasteiger partial charge in [0.05, 0.1) is 0 Å². The van der Waals surface area contributed by atoms with Crippen LogP contribution in [0.3, 0.4) is 0 Å². The summed E-state index contributed by atoms with van der Waals surface area (Å²) in [6.07, 6.45) is 2.73. The zero-order valence-corrected chi connectivity index (χ0v) is 13.2. The Labute approximate surface area is 137 Å². The van der Waals surface area contributed by atoms with Crippen molar-refractivity contribution in [3.8, 4) is 0 Å². The summed E-state index contributed by atoms with van der Waals surface area (Å²) >= 11 is 0. The van der Waals surface area contributed by atoms with Crippen LogP contribution in [-0.2, 0) is 11.3 Å². The Morgan fingerprint density at radius 1 is 1.25 bits per heavy atom. The van der Waals surface area contributed by atoms with Crippen molar-refractivity contribution in [1.82, 2.24) is 9.97 Å². The number of hydrogen-bond donors (Lipinski definition) is 1. The monoisotopic (exact) mass is 325 g/mol. The number of nitrogens with two attached hydrogens (primary N) is 1. The van der Waals surface area contributed by atoms with Gasteiger partial charge in [-0.05, 0) is 25.0 Å². The first-order chi connectivity index (χ1) is 11.5. The van der Waals surface area contributed by atoms with Crippen LogP contribution in [0.2, 0.25) is 0 Å². The standard InChI is InChI=1S/C17H15N3O4/c1-9-3-4-12-11(7-13(21)24-15(12)10(9)2)8-23-17(22)14-16(18)20-6-5-19-14/h3-7H,8H2,1-2H3,(H2,18,20). The van der Waals surface area contributed by atoms with Gasteiger partial charge in [-0.15, -0.1) is 0 Å². The molecule has 7 nitrogen and oxygen atoms in total. The molecule has 2 N–H and O–H groups in total. The van der Waals surface area contributed by atoms with Gasteiger partial charge in [-0.3, -0.25) is 0 Å². The van der Waals surface area contributed by atoms with E-state index >= 15 is 0 Å². The Kier molecular flexibility index (Phi) is 3.99. The summed E-state index contributed by atoms with van der Waals surface area (Å²) in [5, 5.41) is 0.720. The summed E-state index contributed by atoms with van der Waals surface area (Å²) in [4.78, 5) is 31.5. The van der Waals surface area contributed by atoms with Crippen LogP contribution in [0.25, 0.3) is 11.0 Å². The average molecular weight is 325 g/mol. The molecule has 0 aliphatic heterocycles. The first kappa shape index (κ1) is 15.7. The lowest BCUT2D eigenvalue weighted by atomic mass is 10.0. The second-order valence-corrected chi connectivity index (χ2v) is 5.34. The van der Waals surface area contributed by atoms with E-state index in [4.69, 9.17) is 14.9 Å². The number of esters is 1. The van der Waals surface area contributed by atoms with E-state index in [0.29, 0.717) is 11.1 Å². The van der Waals surface area contributed by atoms with E-state index in [-0.39, 0.29) is 18.1 Å². The molecule has 0 aliphatic rings. The number of aryl methyl sites for hydroxylation is 2. The zero-order chi connectivity index (χ0) is 17.3. The molecule has 122 valence electrons. The molecule has 0 radical (unpaired) electrons. The van der Waals surface area contributed by atoms with E-state index in [9.17, 15) is 9.59 Å². The predicted octanol–water partition coefficient (Wildman–Crippen LogP) is 2.14. The highest BCUT2D eigenvalue weighted by molar-refractivity contribution is 5.92. The molecule has 0 fully saturated rings. The first-order valence-corrected chi connectivity index (χ1v) is 7.24. The van der Waals surface area contributed by atoms with Crippen LogP contribution in [0.1, 0.15) is 27.2 Å². The van der Waals surface area contributed by atoms with Crippen molar-refractivity contribution in [2.45, 2.75) is 20.5 Å². The number of nitrogens with zero attached hydrogens (tertiary/aromatic N) is 2. The molecule has 2 aromatic heterocycles. The third-order valence-corrected chi connectivity index (χ3v) is 3.80. The highest BCUT2D eigenvalue weighted by atomic mass is 16.5. The van der Waals surface area contributed by atoms with E-state index in [1.807, 2.05) is 26.0 Å². The molecule has 0 spiro atoms. The Bertz CT molecular complexity index is 995. The molecule has 2 heterocycles. The Morgan fingerprint density at radius 2 is 2.00 bits per heavy atom. The predicted molar refractivity (Wildman–Crippen MR) is 87.5 cm³/mol. The smallest absolute Gasteiger partial charge is 0.361 e. The number of carbonyl (C=O) groups excluding carboxylic acids is 1. The lowest BCUT2D eigenvalue weighted by Gasteiger charge is -2.10. The zero-order valence-electron chi connectivity index (χ0n) is 13.2. The highest BCUT2D eigenvalue weighted by Crippen LogP contribution is 2.24. The van der Waals surface area contributed by atoms with Crippen molar-refractivity contribution in [2.24, 2.45) is 0 Å². The maximum absolute atomic E-state index is 12.1. The molecular weight excluding hydrogens is 310 g/mol. The van der Waals surface area contributed by atoms with Crippen molar-refractivity contribution in [1.29, 1.82) is 0 Å². The molecular formula is C17H15N3O4. The summed E-state index contributed by atoms with van der Waals surface area (Å²) in [5.41, 5.74) is 7.97. The Hall–Kier alpha value is -3.22. The van der Waals surface area contributed by atoms with Crippen LogP contribution >= 0.6 is 0 Å². The van der Waals surface area contributed by atoms with E-state index in [1.165, 1.54) is 18.5 Å². The number of rotatable bonds is 3. The maximum atomic E-state index is 12.1. The number of aromatic nitrogens is 2. The number of ether oxygens (including phenoxy) is 1. The number of carbonyl (C=O) groups is 1. The van der Waals surface area contributed by atoms with Gasteiger partial charge in [0, 0.05) is 29.4 Å². The van der Waals surface area contributed by atoms with Crippen LogP contribution < -0.4 is 11.4 Å². The number of hydrogen-bond acceptors (Lipinski definition) is 7. The van der Waals surface area contributed by atoms with Crippen LogP contribution in [0, 0.1) is 13.8 Å². The first-order valence-electron chi connectivity index (χ1n) is 7.24. The van der Waals surface area contributed by atoms with E-state index in [1.54, 1.807) is 0 Å². The highest BCUT2D eigenvalue weighted by Gasteiger charge is 2.16. The van der Waals surface area contributed by atoms with Crippen molar-refractivity contribution >= 4 is 22.8 Å². The van der Waals surface area contributed by atoms with Gasteiger partial charge in [0.15, 0.2) is 11.5 Å². The van der Waals surface area contributed by atoms with E-state index in [2.05, 4.69) is 9.97 Å². The van der Waals surface area contributed by atoms with Gasteiger partial charge in [-0.25, -0.2) is 19.6 Å². The molecule has 3 aromatic rings. The van der Waals surface area contributed by atoms with Crippen LogP contribution in [-0.4, -0.2) is 15.9 Å². The normalized spacial score (nSPS) is 10.8. The van der Waals surface area contributed by atoms with Crippen molar-refractivity contribution in [3.63, 3.8) is 0 Å². The molecule has 0 saturated carbocycles. The van der Waals surface area contributed by atoms with Gasteiger partial charge < -0.3 is 14.9 Å². The summed E-state index contributed by atoms with van der Waals surface area (Å²) < 4.78 is 10.5. The third kappa shape index (κ3) is 2.83. The average Bonchev–Trinajstić information content (AvgIpc) is 2.56. The van der Waals surface area contributed by atoms with Crippen molar-refractivity contribution < 1.29 is 13.9 Å². The van der Waals surface area contributed by atoms with Crippen LogP contribution in [0.5, 0.6) is 0 Å². The summed E-state index contributed by atoms with van der Waals surface area (Å²) in [6, 6.07) is 5.06. The number of anilines is 1. The maximum Gasteiger partial charge on any atom is 0.361 e. The molecule has 0 aliphatic carbocycles. The molecule has 3 rings (SSSR count). The molecule has 0 amide bonds. The topological polar surface area (TPSA) is 108 Å². The second kappa shape index (κ2) is 6.11. The van der Waals surface area contributed by atoms with Crippen molar-refractivity contribution in [3.05, 3.63) is 63.4 Å². The van der Waals surface area contributed by atoms with Crippen LogP contribution in [0.15, 0.2) is 39.8 Å². The van der Waals surface area contributed by atoms with Crippen LogP contribution in [0.4, 0.5) is 5.82 Å². The molecule has 0 bridgehead atoms. The molecule has 0 saturated heterocycles. The minimum Gasteiger partial charge on any atom is -0.456 e. The third-order valence-electron chi connectivity index (χ3n) is 3.80. The fourth-order valence-electron chi connectivity index (χ4n) is 2.36. The SMILES string of the molecule is Cc1ccc2c(COC(=O)c3nccnc3N)cc(=O)oc2c1C. The minimum absolute atomic E-state index is 0.00796. The fourth-order valence-corrected chi connectivity index (χ4v) is 2.36. The molecule has 24 heavy (non-hydrogen) atoms. The molecule has 7 heteroatoms. The molecule has 0 atom stereocenters. The van der Waals surface area contributed by atoms with E-state index < -0.39 is 11.6 Å². The quantitative estimate of drug-likeness (QED) is 0.580. The fraction of sp³-hybridized carbons (Fsp3) is 0.176. The van der Waals surface area contributed by atoms with Gasteiger partial charge in [-0.1, -0.05) is 12.1 Å².